The number of unbranched alkanes of at least 4 members (excludes halogenated alkanes) is 18. The third-order valence-electron chi connectivity index (χ3n) is 8.64. The number of hydrogen-bond donors (Lipinski definition) is 0. The van der Waals surface area contributed by atoms with E-state index in [1.807, 2.05) is 88.4 Å². The van der Waals surface area contributed by atoms with Crippen molar-refractivity contribution in [3.05, 3.63) is 71.8 Å². The van der Waals surface area contributed by atoms with E-state index in [2.05, 4.69) is 13.8 Å². The first-order chi connectivity index (χ1) is 22.3. The van der Waals surface area contributed by atoms with Gasteiger partial charge in [0.2, 0.25) is 0 Å². The molecule has 0 heterocycles. The lowest BCUT2D eigenvalue weighted by atomic mass is 9.98. The van der Waals surface area contributed by atoms with Gasteiger partial charge in [-0.05, 0) is 51.7 Å². The van der Waals surface area contributed by atoms with Gasteiger partial charge in [0.05, 0.1) is 13.2 Å². The van der Waals surface area contributed by atoms with Gasteiger partial charge in [0.25, 0.3) is 0 Å². The molecule has 4 nitrogen and oxygen atoms in total. The Morgan fingerprint density at radius 1 is 0.370 bits per heavy atom. The van der Waals surface area contributed by atoms with E-state index in [4.69, 9.17) is 19.6 Å². The van der Waals surface area contributed by atoms with Crippen molar-refractivity contribution in [1.82, 2.24) is 0 Å². The van der Waals surface area contributed by atoms with Crippen LogP contribution in [-0.4, -0.2) is 13.2 Å². The third-order valence-corrected chi connectivity index (χ3v) is 8.64. The second-order valence-electron chi connectivity index (χ2n) is 13.9. The van der Waals surface area contributed by atoms with Gasteiger partial charge in [0.1, 0.15) is 11.2 Å². The summed E-state index contributed by atoms with van der Waals surface area (Å²) in [6, 6.07) is 20.2. The second-order valence-corrected chi connectivity index (χ2v) is 13.9. The lowest BCUT2D eigenvalue weighted by molar-refractivity contribution is -0.410. The summed E-state index contributed by atoms with van der Waals surface area (Å²) in [6.07, 6.45) is 27.3. The summed E-state index contributed by atoms with van der Waals surface area (Å²) in [5, 5.41) is 0. The van der Waals surface area contributed by atoms with Crippen molar-refractivity contribution in [3.63, 3.8) is 0 Å². The van der Waals surface area contributed by atoms with E-state index in [-0.39, 0.29) is 0 Å². The average Bonchev–Trinajstić information content (AvgIpc) is 3.07. The SMILES string of the molecule is CC(C)(OOC(C)(C)c1ccccc1)c1ccccc1.CCCCCCCCCCCCOOCCCCCCCCCCCC. The molecule has 2 rings (SSSR count). The fourth-order valence-electron chi connectivity index (χ4n) is 5.40. The minimum Gasteiger partial charge on any atom is -0.237 e. The van der Waals surface area contributed by atoms with Gasteiger partial charge in [-0.2, -0.15) is 0 Å². The molecule has 264 valence electrons. The Labute approximate surface area is 285 Å². The maximum absolute atomic E-state index is 5.73. The standard InChI is InChI=1S/C24H50O2.C18H22O2/c1-3-5-7-9-11-13-15-17-19-21-23-25-26-24-22-20-18-16-14-12-10-8-6-4-2;1-17(2,15-11-7-5-8-12-15)19-20-18(3,4)16-13-9-6-10-14-16/h3-24H2,1-2H3;5-14H,1-4H3. The molecular formula is C42H72O4. The molecule has 0 spiro atoms. The maximum atomic E-state index is 5.73. The van der Waals surface area contributed by atoms with Gasteiger partial charge in [0.15, 0.2) is 0 Å². The van der Waals surface area contributed by atoms with E-state index >= 15 is 0 Å². The Bertz CT molecular complexity index is 821. The molecule has 0 saturated heterocycles. The molecule has 0 bridgehead atoms. The van der Waals surface area contributed by atoms with Crippen LogP contribution in [0, 0.1) is 0 Å². The molecule has 0 fully saturated rings. The lowest BCUT2D eigenvalue weighted by Gasteiger charge is -2.31. The Morgan fingerprint density at radius 3 is 0.913 bits per heavy atom. The van der Waals surface area contributed by atoms with Gasteiger partial charge < -0.3 is 0 Å². The van der Waals surface area contributed by atoms with Crippen LogP contribution in [0.3, 0.4) is 0 Å². The molecule has 0 saturated carbocycles. The molecule has 2 aromatic carbocycles. The van der Waals surface area contributed by atoms with Crippen LogP contribution in [0.1, 0.15) is 181 Å². The minimum absolute atomic E-state index is 0.493. The zero-order valence-electron chi connectivity index (χ0n) is 31.0. The van der Waals surface area contributed by atoms with Crippen molar-refractivity contribution in [1.29, 1.82) is 0 Å². The van der Waals surface area contributed by atoms with E-state index in [9.17, 15) is 0 Å². The summed E-state index contributed by atoms with van der Waals surface area (Å²) in [6.45, 7) is 14.1. The zero-order valence-corrected chi connectivity index (χ0v) is 31.0. The smallest absolute Gasteiger partial charge is 0.123 e. The predicted molar refractivity (Wildman–Crippen MR) is 197 cm³/mol. The first-order valence-corrected chi connectivity index (χ1v) is 19.1. The van der Waals surface area contributed by atoms with Crippen LogP contribution in [0.25, 0.3) is 0 Å². The first kappa shape index (κ1) is 42.3. The summed E-state index contributed by atoms with van der Waals surface area (Å²) in [5.74, 6) is 0. The number of benzene rings is 2. The zero-order chi connectivity index (χ0) is 33.6. The van der Waals surface area contributed by atoms with Crippen molar-refractivity contribution in [2.75, 3.05) is 13.2 Å². The monoisotopic (exact) mass is 641 g/mol. The third kappa shape index (κ3) is 22.7. The van der Waals surface area contributed by atoms with Crippen LogP contribution in [0.5, 0.6) is 0 Å². The lowest BCUT2D eigenvalue weighted by Crippen LogP contribution is -2.29. The maximum Gasteiger partial charge on any atom is 0.123 e. The van der Waals surface area contributed by atoms with Gasteiger partial charge in [-0.15, -0.1) is 0 Å². The molecule has 46 heavy (non-hydrogen) atoms. The molecule has 0 unspecified atom stereocenters. The molecule has 0 aliphatic rings. The highest BCUT2D eigenvalue weighted by Crippen LogP contribution is 2.31. The Balaban J connectivity index is 0.000000473. The van der Waals surface area contributed by atoms with E-state index < -0.39 is 11.2 Å². The summed E-state index contributed by atoms with van der Waals surface area (Å²) < 4.78 is 0. The normalized spacial score (nSPS) is 11.8. The van der Waals surface area contributed by atoms with E-state index in [1.165, 1.54) is 116 Å². The highest BCUT2D eigenvalue weighted by molar-refractivity contribution is 5.22. The van der Waals surface area contributed by atoms with Crippen molar-refractivity contribution >= 4 is 0 Å². The van der Waals surface area contributed by atoms with Gasteiger partial charge in [-0.1, -0.05) is 190 Å². The topological polar surface area (TPSA) is 36.9 Å². The second kappa shape index (κ2) is 28.3. The van der Waals surface area contributed by atoms with E-state index in [0.717, 1.165) is 37.2 Å². The molecule has 0 aromatic heterocycles. The Hall–Kier alpha value is -1.72. The van der Waals surface area contributed by atoms with Gasteiger partial charge >= 0.3 is 0 Å². The molecule has 0 amide bonds. The molecule has 0 atom stereocenters. The molecule has 2 aromatic rings. The first-order valence-electron chi connectivity index (χ1n) is 19.1. The minimum atomic E-state index is -0.493. The quantitative estimate of drug-likeness (QED) is 0.0527. The Morgan fingerprint density at radius 2 is 0.630 bits per heavy atom. The van der Waals surface area contributed by atoms with E-state index in [0.29, 0.717) is 0 Å². The largest absolute Gasteiger partial charge is 0.237 e. The predicted octanol–water partition coefficient (Wildman–Crippen LogP) is 13.6. The summed E-state index contributed by atoms with van der Waals surface area (Å²) in [5.41, 5.74) is 1.19. The molecule has 0 radical (unpaired) electrons. The van der Waals surface area contributed by atoms with Gasteiger partial charge in [-0.25, -0.2) is 19.6 Å². The van der Waals surface area contributed by atoms with Gasteiger partial charge in [0, 0.05) is 0 Å². The van der Waals surface area contributed by atoms with Crippen molar-refractivity contribution < 1.29 is 19.6 Å². The molecule has 0 N–H and O–H groups in total. The molecular weight excluding hydrogens is 568 g/mol. The fourth-order valence-corrected chi connectivity index (χ4v) is 5.40. The number of rotatable bonds is 28. The van der Waals surface area contributed by atoms with Crippen LogP contribution in [0.4, 0.5) is 0 Å². The molecule has 0 aliphatic carbocycles. The van der Waals surface area contributed by atoms with Crippen LogP contribution in [0.2, 0.25) is 0 Å². The summed E-state index contributed by atoms with van der Waals surface area (Å²) in [7, 11) is 0. The highest BCUT2D eigenvalue weighted by atomic mass is 17.2. The van der Waals surface area contributed by atoms with Crippen LogP contribution in [0.15, 0.2) is 60.7 Å². The van der Waals surface area contributed by atoms with Crippen LogP contribution < -0.4 is 0 Å². The fraction of sp³-hybridized carbons (Fsp3) is 0.714. The number of hydrogen-bond acceptors (Lipinski definition) is 4. The van der Waals surface area contributed by atoms with Crippen LogP contribution >= 0.6 is 0 Å². The molecule has 4 heteroatoms. The Kier molecular flexibility index (Phi) is 26.0. The summed E-state index contributed by atoms with van der Waals surface area (Å²) in [4.78, 5) is 22.0. The van der Waals surface area contributed by atoms with Crippen molar-refractivity contribution in [3.8, 4) is 0 Å². The van der Waals surface area contributed by atoms with Gasteiger partial charge in [-0.3, -0.25) is 0 Å². The molecule has 0 aliphatic heterocycles. The van der Waals surface area contributed by atoms with E-state index in [1.54, 1.807) is 0 Å². The van der Waals surface area contributed by atoms with Crippen molar-refractivity contribution in [2.45, 2.75) is 181 Å². The van der Waals surface area contributed by atoms with Crippen molar-refractivity contribution in [2.24, 2.45) is 0 Å². The highest BCUT2D eigenvalue weighted by Gasteiger charge is 2.29. The summed E-state index contributed by atoms with van der Waals surface area (Å²) >= 11 is 0. The average molecular weight is 641 g/mol. The van der Waals surface area contributed by atoms with Crippen LogP contribution in [-0.2, 0) is 30.8 Å².